The molecule has 1 saturated carbocycles. The van der Waals surface area contributed by atoms with Crippen molar-refractivity contribution in [1.29, 1.82) is 0 Å². The lowest BCUT2D eigenvalue weighted by molar-refractivity contribution is -0.690. The summed E-state index contributed by atoms with van der Waals surface area (Å²) in [7, 11) is 0.290. The molecule has 5 heteroatoms. The molecule has 4 nitrogen and oxygen atoms in total. The quantitative estimate of drug-likeness (QED) is 0.0855. The molecule has 1 aliphatic carbocycles. The number of rotatable bonds is 13. The van der Waals surface area contributed by atoms with Crippen LogP contribution < -0.4 is 15.1 Å². The van der Waals surface area contributed by atoms with Gasteiger partial charge >= 0.3 is 0 Å². The van der Waals surface area contributed by atoms with Gasteiger partial charge in [0.25, 0.3) is 0 Å². The number of nitrogens with zero attached hydrogens (tertiary/aromatic N) is 2. The molecule has 2 heterocycles. The third kappa shape index (κ3) is 7.48. The van der Waals surface area contributed by atoms with Gasteiger partial charge in [0.2, 0.25) is 5.69 Å². The first-order valence-electron chi connectivity index (χ1n) is 15.6. The molecule has 1 aromatic carbocycles. The van der Waals surface area contributed by atoms with Crippen molar-refractivity contribution >= 4 is 19.0 Å². The van der Waals surface area contributed by atoms with Crippen LogP contribution in [0.15, 0.2) is 78.8 Å². The fourth-order valence-electron chi connectivity index (χ4n) is 7.12. The molecule has 0 radical (unpaired) electrons. The molecule has 2 aliphatic rings. The lowest BCUT2D eigenvalue weighted by Crippen LogP contribution is -2.51. The Bertz CT molecular complexity index is 1300. The van der Waals surface area contributed by atoms with Gasteiger partial charge in [0.05, 0.1) is 8.07 Å². The van der Waals surface area contributed by atoms with Crippen LogP contribution in [0.5, 0.6) is 0 Å². The van der Waals surface area contributed by atoms with Crippen molar-refractivity contribution in [1.82, 2.24) is 5.32 Å². The van der Waals surface area contributed by atoms with E-state index in [1.54, 1.807) is 10.8 Å². The maximum Gasteiger partial charge on any atom is 0.213 e. The topological polar surface area (TPSA) is 48.5 Å². The minimum atomic E-state index is -1.55. The van der Waals surface area contributed by atoms with Gasteiger partial charge in [0.15, 0.2) is 18.6 Å². The predicted octanol–water partition coefficient (Wildman–Crippen LogP) is 7.62. The van der Waals surface area contributed by atoms with Gasteiger partial charge in [0.1, 0.15) is 0 Å². The van der Waals surface area contributed by atoms with Crippen molar-refractivity contribution < 1.29 is 9.67 Å². The first kappa shape index (κ1) is 31.0. The van der Waals surface area contributed by atoms with E-state index in [0.717, 1.165) is 37.4 Å². The highest BCUT2D eigenvalue weighted by Gasteiger charge is 2.39. The summed E-state index contributed by atoms with van der Waals surface area (Å²) in [6.45, 7) is 19.0. The second kappa shape index (κ2) is 13.4. The second-order valence-electron chi connectivity index (χ2n) is 13.4. The summed E-state index contributed by atoms with van der Waals surface area (Å²) in [6.07, 6.45) is 18.4. The van der Waals surface area contributed by atoms with E-state index >= 15 is 0 Å². The molecule has 0 bridgehead atoms. The summed E-state index contributed by atoms with van der Waals surface area (Å²) in [5, 5.41) is 14.8. The number of aliphatic hydroxyl groups is 1. The van der Waals surface area contributed by atoms with E-state index < -0.39 is 8.07 Å². The molecule has 2 unspecified atom stereocenters. The molecule has 41 heavy (non-hydrogen) atoms. The molecular formula is C36H52N3OSi+. The van der Waals surface area contributed by atoms with Gasteiger partial charge in [-0.1, -0.05) is 89.2 Å². The molecule has 4 rings (SSSR count). The molecular weight excluding hydrogens is 519 g/mol. The van der Waals surface area contributed by atoms with Gasteiger partial charge in [0, 0.05) is 47.5 Å². The van der Waals surface area contributed by atoms with Crippen molar-refractivity contribution in [2.75, 3.05) is 13.6 Å². The highest BCUT2D eigenvalue weighted by molar-refractivity contribution is 6.89. The molecule has 2 N–H and O–H groups in total. The number of hydrogen-bond donors (Lipinski definition) is 2. The number of aliphatic imine (C=N–C) groups is 1. The van der Waals surface area contributed by atoms with E-state index in [2.05, 4.69) is 103 Å². The number of allylic oxidation sites excluding steroid dienone is 2. The Labute approximate surface area is 250 Å². The van der Waals surface area contributed by atoms with Gasteiger partial charge in [-0.25, -0.2) is 0 Å². The minimum Gasteiger partial charge on any atom is -0.495 e. The van der Waals surface area contributed by atoms with Crippen LogP contribution >= 0.6 is 0 Å². The first-order valence-corrected chi connectivity index (χ1v) is 19.1. The van der Waals surface area contributed by atoms with Gasteiger partial charge in [-0.05, 0) is 61.4 Å². The molecule has 1 aromatic heterocycles. The van der Waals surface area contributed by atoms with Crippen molar-refractivity contribution in [3.63, 3.8) is 0 Å². The Morgan fingerprint density at radius 1 is 1.22 bits per heavy atom. The van der Waals surface area contributed by atoms with Gasteiger partial charge in [-0.15, -0.1) is 0 Å². The van der Waals surface area contributed by atoms with Crippen molar-refractivity contribution in [3.05, 3.63) is 84.9 Å². The van der Waals surface area contributed by atoms with Gasteiger partial charge in [-0.3, -0.25) is 4.99 Å². The van der Waals surface area contributed by atoms with Crippen LogP contribution in [0, 0.1) is 11.3 Å². The highest BCUT2D eigenvalue weighted by Crippen LogP contribution is 2.42. The zero-order valence-electron chi connectivity index (χ0n) is 26.2. The van der Waals surface area contributed by atoms with Gasteiger partial charge in [-0.2, -0.15) is 4.57 Å². The molecule has 220 valence electrons. The van der Waals surface area contributed by atoms with E-state index in [0.29, 0.717) is 12.5 Å². The van der Waals surface area contributed by atoms with Crippen molar-refractivity contribution in [2.24, 2.45) is 16.3 Å². The molecule has 2 aromatic rings. The van der Waals surface area contributed by atoms with Crippen LogP contribution in [0.25, 0.3) is 11.3 Å². The number of aliphatic hydroxyl groups excluding tert-OH is 1. The maximum absolute atomic E-state index is 10.0. The van der Waals surface area contributed by atoms with E-state index in [1.807, 2.05) is 13.1 Å². The molecule has 0 amide bonds. The third-order valence-electron chi connectivity index (χ3n) is 9.20. The van der Waals surface area contributed by atoms with E-state index in [1.165, 1.54) is 48.9 Å². The van der Waals surface area contributed by atoms with E-state index in [4.69, 9.17) is 0 Å². The Kier molecular flexibility index (Phi) is 10.1. The number of hydrogen-bond acceptors (Lipinski definition) is 3. The molecule has 1 aliphatic heterocycles. The fraction of sp³-hybridized carbons (Fsp3) is 0.500. The summed E-state index contributed by atoms with van der Waals surface area (Å²) in [6, 6.07) is 11.6. The van der Waals surface area contributed by atoms with Crippen LogP contribution in [0.4, 0.5) is 0 Å². The number of aromatic nitrogens is 1. The SMILES string of the molecule is C=C/C(CC(/C=C\CC)(CNC(=C)O)CC1C[n+]2cc([Si](C)(C)C)c(CC3CCCC3)cc2-c2ccccc21)=N/C. The lowest BCUT2D eigenvalue weighted by Gasteiger charge is -2.36. The largest absolute Gasteiger partial charge is 0.495 e. The van der Waals surface area contributed by atoms with Crippen LogP contribution in [0.2, 0.25) is 19.6 Å². The Hall–Kier alpha value is -2.92. The maximum atomic E-state index is 10.0. The van der Waals surface area contributed by atoms with E-state index in [-0.39, 0.29) is 11.3 Å². The Balaban J connectivity index is 1.80. The van der Waals surface area contributed by atoms with E-state index in [9.17, 15) is 5.11 Å². The smallest absolute Gasteiger partial charge is 0.213 e. The third-order valence-corrected chi connectivity index (χ3v) is 11.3. The zero-order valence-corrected chi connectivity index (χ0v) is 27.2. The average Bonchev–Trinajstić information content (AvgIpc) is 3.46. The number of pyridine rings is 1. The number of fused-ring (bicyclic) bond motifs is 3. The van der Waals surface area contributed by atoms with Crippen LogP contribution in [0.1, 0.15) is 68.9 Å². The van der Waals surface area contributed by atoms with Crippen molar-refractivity contribution in [2.45, 2.75) is 90.4 Å². The average molecular weight is 571 g/mol. The Morgan fingerprint density at radius 2 is 1.95 bits per heavy atom. The van der Waals surface area contributed by atoms with Crippen LogP contribution in [-0.4, -0.2) is 32.5 Å². The summed E-state index contributed by atoms with van der Waals surface area (Å²) < 4.78 is 2.56. The predicted molar refractivity (Wildman–Crippen MR) is 178 cm³/mol. The monoisotopic (exact) mass is 570 g/mol. The van der Waals surface area contributed by atoms with Gasteiger partial charge < -0.3 is 10.4 Å². The fourth-order valence-corrected chi connectivity index (χ4v) is 8.80. The molecule has 2 atom stereocenters. The molecule has 0 spiro atoms. The van der Waals surface area contributed by atoms with Crippen LogP contribution in [-0.2, 0) is 13.0 Å². The minimum absolute atomic E-state index is 0.00574. The first-order chi connectivity index (χ1) is 19.6. The highest BCUT2D eigenvalue weighted by atomic mass is 28.3. The summed E-state index contributed by atoms with van der Waals surface area (Å²) >= 11 is 0. The second-order valence-corrected chi connectivity index (χ2v) is 18.5. The standard InChI is InChI=1S/C36H51N3OSi/c1-8-10-19-36(26-38-27(3)40,23-31(9-2)37-4)22-30-24-39-25-35(41(5,6)7)29(20-28-15-11-12-16-28)21-34(39)33-18-14-13-17-32(30)33/h9-10,13-14,17-19,21,25,28,30,38H,2-3,8,11-12,15-16,20,22-24,26H2,1,4-7H3/p+1/b19-10-,37-31-. The molecule has 0 saturated heterocycles. The van der Waals surface area contributed by atoms with Crippen molar-refractivity contribution in [3.8, 4) is 11.3 Å². The number of nitrogens with one attached hydrogen (secondary N) is 1. The normalized spacial score (nSPS) is 19.0. The summed E-state index contributed by atoms with van der Waals surface area (Å²) in [5.41, 5.74) is 6.46. The Morgan fingerprint density at radius 3 is 2.59 bits per heavy atom. The lowest BCUT2D eigenvalue weighted by atomic mass is 9.71. The summed E-state index contributed by atoms with van der Waals surface area (Å²) in [4.78, 5) is 4.54. The number of benzene rings is 1. The van der Waals surface area contributed by atoms with Crippen LogP contribution in [0.3, 0.4) is 0 Å². The summed E-state index contributed by atoms with van der Waals surface area (Å²) in [5.74, 6) is 1.15. The zero-order chi connectivity index (χ0) is 29.6. The molecule has 1 fully saturated rings.